The fourth-order valence-electron chi connectivity index (χ4n) is 3.46. The summed E-state index contributed by atoms with van der Waals surface area (Å²) >= 11 is 0. The highest BCUT2D eigenvalue weighted by Crippen LogP contribution is 2.41. The molecule has 1 aliphatic rings. The van der Waals surface area contributed by atoms with Crippen LogP contribution in [0.5, 0.6) is 11.5 Å². The van der Waals surface area contributed by atoms with Gasteiger partial charge in [0.05, 0.1) is 25.6 Å². The van der Waals surface area contributed by atoms with E-state index in [1.807, 2.05) is 12.1 Å². The molecule has 0 N–H and O–H groups in total. The molecular formula is C22H20FN3O2. The molecule has 0 spiro atoms. The molecule has 2 aromatic carbocycles. The first-order valence-electron chi connectivity index (χ1n) is 8.92. The van der Waals surface area contributed by atoms with Crippen LogP contribution in [0.4, 0.5) is 10.3 Å². The lowest BCUT2D eigenvalue weighted by molar-refractivity contribution is 0.354. The van der Waals surface area contributed by atoms with E-state index in [0.717, 1.165) is 35.5 Å². The second-order valence-electron chi connectivity index (χ2n) is 6.43. The molecule has 28 heavy (non-hydrogen) atoms. The van der Waals surface area contributed by atoms with Crippen molar-refractivity contribution in [2.24, 2.45) is 4.99 Å². The third-order valence-corrected chi connectivity index (χ3v) is 4.84. The number of imidazole rings is 1. The topological polar surface area (TPSA) is 48.6 Å². The summed E-state index contributed by atoms with van der Waals surface area (Å²) in [6.45, 7) is 4.65. The number of nitrogens with zero attached hydrogens (tertiary/aromatic N) is 3. The van der Waals surface area contributed by atoms with Crippen molar-refractivity contribution < 1.29 is 13.9 Å². The number of rotatable bonds is 5. The minimum atomic E-state index is -0.273. The molecule has 0 aliphatic carbocycles. The van der Waals surface area contributed by atoms with Crippen molar-refractivity contribution in [1.29, 1.82) is 0 Å². The Morgan fingerprint density at radius 2 is 1.86 bits per heavy atom. The molecule has 3 aromatic rings. The fraction of sp³-hybridized carbons (Fsp3) is 0.182. The predicted octanol–water partition coefficient (Wildman–Crippen LogP) is 4.66. The lowest BCUT2D eigenvalue weighted by atomic mass is 9.96. The quantitative estimate of drug-likeness (QED) is 0.608. The Balaban J connectivity index is 1.80. The first-order valence-corrected chi connectivity index (χ1v) is 8.92. The maximum Gasteiger partial charge on any atom is 0.230 e. The summed E-state index contributed by atoms with van der Waals surface area (Å²) in [6, 6.07) is 10.2. The van der Waals surface area contributed by atoms with E-state index >= 15 is 0 Å². The molecule has 0 unspecified atom stereocenters. The second kappa shape index (κ2) is 7.31. The molecule has 0 fully saturated rings. The molecule has 0 saturated carbocycles. The lowest BCUT2D eigenvalue weighted by Gasteiger charge is -2.22. The standard InChI is InChI=1S/C22H20FN3O2/c1-4-18-21-17-12-20(28-3)19(27-2)11-15(17)9-10-26(21)22(25-18)24-13-14-5-7-16(23)8-6-14/h4-8,11-13H,1,9-10H2,2-3H3. The van der Waals surface area contributed by atoms with Crippen molar-refractivity contribution in [3.63, 3.8) is 0 Å². The third-order valence-electron chi connectivity index (χ3n) is 4.84. The van der Waals surface area contributed by atoms with Gasteiger partial charge in [-0.25, -0.2) is 14.4 Å². The molecular weight excluding hydrogens is 357 g/mol. The van der Waals surface area contributed by atoms with Crippen molar-refractivity contribution >= 4 is 18.2 Å². The minimum Gasteiger partial charge on any atom is -0.493 e. The van der Waals surface area contributed by atoms with Crippen LogP contribution in [0.25, 0.3) is 17.3 Å². The second-order valence-corrected chi connectivity index (χ2v) is 6.43. The summed E-state index contributed by atoms with van der Waals surface area (Å²) in [5.74, 6) is 1.70. The molecule has 1 aromatic heterocycles. The Labute approximate surface area is 162 Å². The van der Waals surface area contributed by atoms with Crippen LogP contribution < -0.4 is 9.47 Å². The summed E-state index contributed by atoms with van der Waals surface area (Å²) in [5, 5.41) is 0. The van der Waals surface area contributed by atoms with Crippen LogP contribution in [0.2, 0.25) is 0 Å². The van der Waals surface area contributed by atoms with Crippen LogP contribution in [0.15, 0.2) is 48.0 Å². The van der Waals surface area contributed by atoms with Crippen LogP contribution in [0.1, 0.15) is 16.8 Å². The molecule has 0 saturated heterocycles. The van der Waals surface area contributed by atoms with Crippen molar-refractivity contribution in [2.45, 2.75) is 13.0 Å². The summed E-state index contributed by atoms with van der Waals surface area (Å²) in [4.78, 5) is 9.18. The Morgan fingerprint density at radius 1 is 1.14 bits per heavy atom. The number of ether oxygens (including phenoxy) is 2. The minimum absolute atomic E-state index is 0.273. The largest absolute Gasteiger partial charge is 0.493 e. The molecule has 6 heteroatoms. The molecule has 0 bridgehead atoms. The number of aliphatic imine (C=N–C) groups is 1. The van der Waals surface area contributed by atoms with Gasteiger partial charge in [0.25, 0.3) is 0 Å². The van der Waals surface area contributed by atoms with Gasteiger partial charge in [-0.15, -0.1) is 0 Å². The number of hydrogen-bond acceptors (Lipinski definition) is 4. The van der Waals surface area contributed by atoms with Gasteiger partial charge in [-0.3, -0.25) is 0 Å². The number of fused-ring (bicyclic) bond motifs is 3. The van der Waals surface area contributed by atoms with E-state index in [1.165, 1.54) is 17.7 Å². The van der Waals surface area contributed by atoms with Crippen LogP contribution in [0, 0.1) is 5.82 Å². The number of benzene rings is 2. The number of hydrogen-bond donors (Lipinski definition) is 0. The van der Waals surface area contributed by atoms with E-state index in [1.54, 1.807) is 38.6 Å². The SMILES string of the molecule is C=Cc1nc(N=Cc2ccc(F)cc2)n2c1-c1cc(OC)c(OC)cc1CC2. The van der Waals surface area contributed by atoms with Crippen molar-refractivity contribution in [3.8, 4) is 22.8 Å². The number of methoxy groups -OCH3 is 2. The lowest BCUT2D eigenvalue weighted by Crippen LogP contribution is -2.11. The summed E-state index contributed by atoms with van der Waals surface area (Å²) in [6.07, 6.45) is 4.25. The molecule has 1 aliphatic heterocycles. The van der Waals surface area contributed by atoms with E-state index in [0.29, 0.717) is 17.4 Å². The third kappa shape index (κ3) is 3.07. The maximum absolute atomic E-state index is 13.1. The number of halogens is 1. The zero-order valence-electron chi connectivity index (χ0n) is 15.8. The van der Waals surface area contributed by atoms with Gasteiger partial charge in [-0.1, -0.05) is 18.7 Å². The van der Waals surface area contributed by atoms with E-state index in [4.69, 9.17) is 9.47 Å². The van der Waals surface area contributed by atoms with Gasteiger partial charge in [0.2, 0.25) is 5.95 Å². The number of aromatic nitrogens is 2. The zero-order chi connectivity index (χ0) is 19.7. The van der Waals surface area contributed by atoms with Gasteiger partial charge in [0, 0.05) is 18.3 Å². The van der Waals surface area contributed by atoms with Gasteiger partial charge in [-0.05, 0) is 47.9 Å². The van der Waals surface area contributed by atoms with Crippen molar-refractivity contribution in [1.82, 2.24) is 9.55 Å². The Kier molecular flexibility index (Phi) is 4.69. The van der Waals surface area contributed by atoms with Crippen LogP contribution in [0.3, 0.4) is 0 Å². The summed E-state index contributed by atoms with van der Waals surface area (Å²) < 4.78 is 26.1. The smallest absolute Gasteiger partial charge is 0.230 e. The summed E-state index contributed by atoms with van der Waals surface area (Å²) in [5.41, 5.74) is 4.74. The molecule has 142 valence electrons. The first-order chi connectivity index (χ1) is 13.6. The summed E-state index contributed by atoms with van der Waals surface area (Å²) in [7, 11) is 3.26. The van der Waals surface area contributed by atoms with Crippen molar-refractivity contribution in [3.05, 3.63) is 65.6 Å². The normalized spacial score (nSPS) is 12.5. The predicted molar refractivity (Wildman–Crippen MR) is 108 cm³/mol. The molecule has 0 radical (unpaired) electrons. The van der Waals surface area contributed by atoms with Crippen molar-refractivity contribution in [2.75, 3.05) is 14.2 Å². The van der Waals surface area contributed by atoms with Gasteiger partial charge >= 0.3 is 0 Å². The average molecular weight is 377 g/mol. The highest BCUT2D eigenvalue weighted by Gasteiger charge is 2.25. The highest BCUT2D eigenvalue weighted by molar-refractivity contribution is 5.83. The highest BCUT2D eigenvalue weighted by atomic mass is 19.1. The van der Waals surface area contributed by atoms with Gasteiger partial charge < -0.3 is 14.0 Å². The van der Waals surface area contributed by atoms with E-state index in [2.05, 4.69) is 21.1 Å². The fourth-order valence-corrected chi connectivity index (χ4v) is 3.46. The van der Waals surface area contributed by atoms with Crippen LogP contribution in [-0.4, -0.2) is 30.0 Å². The van der Waals surface area contributed by atoms with Gasteiger partial charge in [0.1, 0.15) is 5.82 Å². The Morgan fingerprint density at radius 3 is 2.54 bits per heavy atom. The van der Waals surface area contributed by atoms with Crippen LogP contribution >= 0.6 is 0 Å². The Bertz CT molecular complexity index is 1070. The molecule has 0 atom stereocenters. The van der Waals surface area contributed by atoms with E-state index in [9.17, 15) is 4.39 Å². The zero-order valence-corrected chi connectivity index (χ0v) is 15.8. The molecule has 2 heterocycles. The molecule has 5 nitrogen and oxygen atoms in total. The first kappa shape index (κ1) is 18.0. The van der Waals surface area contributed by atoms with Crippen LogP contribution in [-0.2, 0) is 13.0 Å². The van der Waals surface area contributed by atoms with E-state index in [-0.39, 0.29) is 5.82 Å². The monoisotopic (exact) mass is 377 g/mol. The Hall–Kier alpha value is -3.41. The molecule has 0 amide bonds. The van der Waals surface area contributed by atoms with E-state index < -0.39 is 0 Å². The van der Waals surface area contributed by atoms with Gasteiger partial charge in [-0.2, -0.15) is 0 Å². The maximum atomic E-state index is 13.1. The van der Waals surface area contributed by atoms with Gasteiger partial charge in [0.15, 0.2) is 11.5 Å². The average Bonchev–Trinajstić information content (AvgIpc) is 3.10. The molecule has 4 rings (SSSR count). The number of aryl methyl sites for hydroxylation is 1.